The molecule has 0 radical (unpaired) electrons. The lowest BCUT2D eigenvalue weighted by Crippen LogP contribution is -2.60. The van der Waals surface area contributed by atoms with Gasteiger partial charge in [0.25, 0.3) is 0 Å². The summed E-state index contributed by atoms with van der Waals surface area (Å²) in [5.74, 6) is 2.26. The summed E-state index contributed by atoms with van der Waals surface area (Å²) in [6.07, 6.45) is 3.20. The zero-order valence-electron chi connectivity index (χ0n) is 25.8. The van der Waals surface area contributed by atoms with Crippen LogP contribution in [0.15, 0.2) is 60.7 Å². The van der Waals surface area contributed by atoms with Crippen LogP contribution in [-0.2, 0) is 13.0 Å². The lowest BCUT2D eigenvalue weighted by molar-refractivity contribution is -0.947. The third-order valence-corrected chi connectivity index (χ3v) is 9.26. The molecule has 0 spiro atoms. The number of ether oxygens (including phenoxy) is 3. The van der Waals surface area contributed by atoms with E-state index in [1.54, 1.807) is 33.5 Å². The number of hydrogen-bond acceptors (Lipinski definition) is 4. The first-order chi connectivity index (χ1) is 20.6. The molecule has 1 aliphatic rings. The number of halogens is 2. The van der Waals surface area contributed by atoms with Crippen molar-refractivity contribution < 1.29 is 23.5 Å². The third-order valence-electron chi connectivity index (χ3n) is 8.52. The average Bonchev–Trinajstić information content (AvgIpc) is 2.99. The standard InChI is InChI=1S/C34H43Cl2N3O4/c1-23(2)30(38-34(40)37-27-19-31(41-3)33(43-5)32(20-27)42-4)22-39(21-25-9-7-6-8-10-25)15-13-24(14-16-39)17-26-11-12-28(35)29(36)18-26/h6-12,18-20,23-24,30H,13-17,21-22H2,1-5H3,(H-,37,38,40)/p+1. The molecule has 9 heteroatoms. The van der Waals surface area contributed by atoms with Crippen molar-refractivity contribution in [3.63, 3.8) is 0 Å². The van der Waals surface area contributed by atoms with E-state index >= 15 is 0 Å². The lowest BCUT2D eigenvalue weighted by Gasteiger charge is -2.46. The molecule has 1 unspecified atom stereocenters. The van der Waals surface area contributed by atoms with E-state index in [1.807, 2.05) is 12.1 Å². The van der Waals surface area contributed by atoms with Crippen molar-refractivity contribution in [1.82, 2.24) is 5.32 Å². The summed E-state index contributed by atoms with van der Waals surface area (Å²) in [6.45, 7) is 8.19. The number of carbonyl (C=O) groups is 1. The molecule has 2 amide bonds. The van der Waals surface area contributed by atoms with Crippen molar-refractivity contribution in [3.8, 4) is 17.2 Å². The summed E-state index contributed by atoms with van der Waals surface area (Å²) in [4.78, 5) is 13.3. The van der Waals surface area contributed by atoms with Crippen molar-refractivity contribution >= 4 is 34.9 Å². The Morgan fingerprint density at radius 1 is 0.884 bits per heavy atom. The van der Waals surface area contributed by atoms with Gasteiger partial charge in [-0.05, 0) is 48.8 Å². The average molecular weight is 630 g/mol. The van der Waals surface area contributed by atoms with Crippen molar-refractivity contribution in [3.05, 3.63) is 81.8 Å². The Morgan fingerprint density at radius 2 is 1.53 bits per heavy atom. The number of urea groups is 1. The second-order valence-corrected chi connectivity index (χ2v) is 12.7. The zero-order valence-corrected chi connectivity index (χ0v) is 27.3. The predicted octanol–water partition coefficient (Wildman–Crippen LogP) is 7.84. The maximum Gasteiger partial charge on any atom is 0.319 e. The van der Waals surface area contributed by atoms with E-state index in [0.29, 0.717) is 38.9 Å². The number of nitrogens with zero attached hydrogens (tertiary/aromatic N) is 1. The van der Waals surface area contributed by atoms with Gasteiger partial charge in [0, 0.05) is 17.7 Å². The van der Waals surface area contributed by atoms with Crippen molar-refractivity contribution in [2.45, 2.75) is 45.7 Å². The molecule has 1 heterocycles. The highest BCUT2D eigenvalue weighted by molar-refractivity contribution is 6.42. The molecule has 0 bridgehead atoms. The minimum Gasteiger partial charge on any atom is -0.493 e. The van der Waals surface area contributed by atoms with Crippen LogP contribution in [0.5, 0.6) is 17.2 Å². The van der Waals surface area contributed by atoms with Crippen LogP contribution in [0.25, 0.3) is 0 Å². The van der Waals surface area contributed by atoms with Gasteiger partial charge in [-0.1, -0.05) is 73.4 Å². The molecule has 1 saturated heterocycles. The fourth-order valence-electron chi connectivity index (χ4n) is 6.08. The minimum absolute atomic E-state index is 0.0302. The first-order valence-corrected chi connectivity index (χ1v) is 15.6. The molecule has 1 fully saturated rings. The Hall–Kier alpha value is -3.13. The van der Waals surface area contributed by atoms with Gasteiger partial charge in [-0.25, -0.2) is 4.79 Å². The van der Waals surface area contributed by atoms with E-state index in [4.69, 9.17) is 37.4 Å². The topological polar surface area (TPSA) is 68.8 Å². The van der Waals surface area contributed by atoms with Crippen molar-refractivity contribution in [1.29, 1.82) is 0 Å². The Balaban J connectivity index is 1.48. The van der Waals surface area contributed by atoms with Crippen LogP contribution in [-0.4, -0.2) is 57.5 Å². The van der Waals surface area contributed by atoms with E-state index in [-0.39, 0.29) is 18.0 Å². The molecular weight excluding hydrogens is 585 g/mol. The van der Waals surface area contributed by atoms with Crippen LogP contribution in [0.2, 0.25) is 10.0 Å². The maximum atomic E-state index is 13.3. The number of hydrogen-bond donors (Lipinski definition) is 2. The van der Waals surface area contributed by atoms with Gasteiger partial charge in [0.05, 0.1) is 62.7 Å². The van der Waals surface area contributed by atoms with Crippen LogP contribution in [0, 0.1) is 11.8 Å². The monoisotopic (exact) mass is 628 g/mol. The first-order valence-electron chi connectivity index (χ1n) is 14.9. The molecule has 0 saturated carbocycles. The van der Waals surface area contributed by atoms with E-state index in [9.17, 15) is 4.79 Å². The molecule has 3 aromatic rings. The van der Waals surface area contributed by atoms with Crippen LogP contribution in [0.4, 0.5) is 10.5 Å². The van der Waals surface area contributed by atoms with Gasteiger partial charge in [0.2, 0.25) is 5.75 Å². The second-order valence-electron chi connectivity index (χ2n) is 11.9. The molecule has 2 N–H and O–H groups in total. The van der Waals surface area contributed by atoms with E-state index < -0.39 is 0 Å². The smallest absolute Gasteiger partial charge is 0.319 e. The van der Waals surface area contributed by atoms with Crippen molar-refractivity contribution in [2.75, 3.05) is 46.3 Å². The Morgan fingerprint density at radius 3 is 2.09 bits per heavy atom. The number of rotatable bonds is 12. The highest BCUT2D eigenvalue weighted by Crippen LogP contribution is 2.40. The molecule has 4 rings (SSSR count). The molecule has 3 aromatic carbocycles. The number of carbonyl (C=O) groups excluding carboxylic acids is 1. The molecule has 43 heavy (non-hydrogen) atoms. The predicted molar refractivity (Wildman–Crippen MR) is 175 cm³/mol. The molecule has 1 aliphatic heterocycles. The van der Waals surface area contributed by atoms with Crippen LogP contribution in [0.1, 0.15) is 37.8 Å². The summed E-state index contributed by atoms with van der Waals surface area (Å²) >= 11 is 12.4. The number of amides is 2. The Kier molecular flexibility index (Phi) is 11.5. The largest absolute Gasteiger partial charge is 0.493 e. The van der Waals surface area contributed by atoms with Crippen molar-refractivity contribution in [2.24, 2.45) is 11.8 Å². The maximum absolute atomic E-state index is 13.3. The van der Waals surface area contributed by atoms with Gasteiger partial charge >= 0.3 is 6.03 Å². The van der Waals surface area contributed by atoms with Gasteiger partial charge in [-0.2, -0.15) is 0 Å². The molecule has 232 valence electrons. The Bertz CT molecular complexity index is 1340. The van der Waals surface area contributed by atoms with E-state index in [1.165, 1.54) is 11.1 Å². The van der Waals surface area contributed by atoms with E-state index in [2.05, 4.69) is 60.9 Å². The normalized spacial score (nSPS) is 19.0. The molecule has 7 nitrogen and oxygen atoms in total. The summed E-state index contributed by atoms with van der Waals surface area (Å²) < 4.78 is 17.3. The van der Waals surface area contributed by atoms with Crippen LogP contribution >= 0.6 is 23.2 Å². The fraction of sp³-hybridized carbons (Fsp3) is 0.441. The second kappa shape index (κ2) is 15.0. The quantitative estimate of drug-likeness (QED) is 0.201. The number of likely N-dealkylation sites (tertiary alicyclic amines) is 1. The number of nitrogens with one attached hydrogen (secondary N) is 2. The highest BCUT2D eigenvalue weighted by Gasteiger charge is 2.37. The third kappa shape index (κ3) is 8.71. The SMILES string of the molecule is COc1cc(NC(=O)NC(C[N+]2(Cc3ccccc3)CCC(Cc3ccc(Cl)c(Cl)c3)CC2)C(C)C)cc(OC)c1OC. The number of piperidine rings is 1. The molecule has 0 aromatic heterocycles. The summed E-state index contributed by atoms with van der Waals surface area (Å²) in [6, 6.07) is 19.8. The first kappa shape index (κ1) is 32.8. The van der Waals surface area contributed by atoms with Gasteiger partial charge in [-0.15, -0.1) is 0 Å². The van der Waals surface area contributed by atoms with Gasteiger partial charge in [0.15, 0.2) is 11.5 Å². The van der Waals surface area contributed by atoms with Crippen LogP contribution < -0.4 is 24.8 Å². The summed E-state index contributed by atoms with van der Waals surface area (Å²) in [7, 11) is 4.66. The zero-order chi connectivity index (χ0) is 31.0. The molecule has 1 atom stereocenters. The lowest BCUT2D eigenvalue weighted by atomic mass is 9.87. The van der Waals surface area contributed by atoms with Gasteiger partial charge in [-0.3, -0.25) is 0 Å². The van der Waals surface area contributed by atoms with E-state index in [0.717, 1.165) is 49.9 Å². The summed E-state index contributed by atoms with van der Waals surface area (Å²) in [5, 5.41) is 7.46. The Labute approximate surface area is 266 Å². The highest BCUT2D eigenvalue weighted by atomic mass is 35.5. The van der Waals surface area contributed by atoms with Gasteiger partial charge in [0.1, 0.15) is 6.54 Å². The number of benzene rings is 3. The van der Waals surface area contributed by atoms with Gasteiger partial charge < -0.3 is 29.3 Å². The number of methoxy groups -OCH3 is 3. The molecular formula is C34H44Cl2N3O4+. The number of anilines is 1. The van der Waals surface area contributed by atoms with Crippen LogP contribution in [0.3, 0.4) is 0 Å². The molecule has 0 aliphatic carbocycles. The number of quaternary nitrogens is 1. The summed E-state index contributed by atoms with van der Waals surface area (Å²) in [5.41, 5.74) is 3.10. The minimum atomic E-state index is -0.264. The fourth-order valence-corrected chi connectivity index (χ4v) is 6.40.